The van der Waals surface area contributed by atoms with Crippen LogP contribution in [0.25, 0.3) is 5.57 Å². The van der Waals surface area contributed by atoms with Crippen molar-refractivity contribution in [2.45, 2.75) is 27.7 Å². The van der Waals surface area contributed by atoms with Gasteiger partial charge in [-0.05, 0) is 37.5 Å². The normalized spacial score (nSPS) is 13.3. The number of nitrogens with two attached hydrogens (primary N) is 1. The van der Waals surface area contributed by atoms with E-state index in [1.807, 2.05) is 32.2 Å². The molecule has 1 rings (SSSR count). The van der Waals surface area contributed by atoms with E-state index in [-0.39, 0.29) is 0 Å². The maximum absolute atomic E-state index is 5.63. The Morgan fingerprint density at radius 1 is 1.38 bits per heavy atom. The molecule has 0 radical (unpaired) electrons. The molecule has 0 saturated carbocycles. The van der Waals surface area contributed by atoms with Gasteiger partial charge in [-0.1, -0.05) is 19.9 Å². The van der Waals surface area contributed by atoms with E-state index in [1.54, 1.807) is 6.07 Å². The zero-order valence-electron chi connectivity index (χ0n) is 10.4. The summed E-state index contributed by atoms with van der Waals surface area (Å²) in [5.74, 6) is 1.01. The van der Waals surface area contributed by atoms with Gasteiger partial charge in [-0.25, -0.2) is 4.98 Å². The number of nitrogen functional groups attached to an aromatic ring is 1. The molecular formula is C13H19N3. The molecule has 0 spiro atoms. The molecule has 0 aliphatic heterocycles. The highest BCUT2D eigenvalue weighted by Gasteiger charge is 1.99. The van der Waals surface area contributed by atoms with Crippen LogP contribution in [0, 0.1) is 5.92 Å². The number of hydrogen-bond acceptors (Lipinski definition) is 3. The molecule has 0 amide bonds. The highest BCUT2D eigenvalue weighted by atomic mass is 14.8. The minimum Gasteiger partial charge on any atom is -0.384 e. The number of rotatable bonds is 3. The number of anilines is 1. The Morgan fingerprint density at radius 3 is 2.62 bits per heavy atom. The molecule has 0 unspecified atom stereocenters. The molecule has 0 atom stereocenters. The lowest BCUT2D eigenvalue weighted by Gasteiger charge is -2.03. The lowest BCUT2D eigenvalue weighted by Crippen LogP contribution is -2.00. The lowest BCUT2D eigenvalue weighted by molar-refractivity contribution is 0.878. The monoisotopic (exact) mass is 217 g/mol. The van der Waals surface area contributed by atoms with Gasteiger partial charge >= 0.3 is 0 Å². The Bertz CT molecular complexity index is 417. The Labute approximate surface area is 97.1 Å². The number of pyridine rings is 1. The summed E-state index contributed by atoms with van der Waals surface area (Å²) in [5.41, 5.74) is 8.64. The van der Waals surface area contributed by atoms with Crippen molar-refractivity contribution < 1.29 is 0 Å². The van der Waals surface area contributed by atoms with Crippen LogP contribution >= 0.6 is 0 Å². The van der Waals surface area contributed by atoms with Crippen LogP contribution in [0.3, 0.4) is 0 Å². The van der Waals surface area contributed by atoms with Crippen LogP contribution in [-0.4, -0.2) is 10.7 Å². The fraction of sp³-hybridized carbons (Fsp3) is 0.385. The highest BCUT2D eigenvalue weighted by molar-refractivity contribution is 5.84. The first-order chi connectivity index (χ1) is 7.50. The third-order valence-corrected chi connectivity index (χ3v) is 2.47. The highest BCUT2D eigenvalue weighted by Crippen LogP contribution is 2.12. The minimum atomic E-state index is 0.470. The standard InChI is InChI=1S/C13H19N3/c1-9(2)11(4)15-8-10(3)12-6-5-7-13(14)16-12/h5-9H,1-4H3,(H2,14,16)/b10-8+,15-11+. The molecule has 0 aliphatic carbocycles. The summed E-state index contributed by atoms with van der Waals surface area (Å²) in [5, 5.41) is 0. The second kappa shape index (κ2) is 5.45. The average molecular weight is 217 g/mol. The third-order valence-electron chi connectivity index (χ3n) is 2.47. The molecule has 1 heterocycles. The molecule has 16 heavy (non-hydrogen) atoms. The van der Waals surface area contributed by atoms with Gasteiger partial charge in [-0.15, -0.1) is 0 Å². The van der Waals surface area contributed by atoms with E-state index < -0.39 is 0 Å². The molecule has 2 N–H and O–H groups in total. The maximum Gasteiger partial charge on any atom is 0.124 e. The van der Waals surface area contributed by atoms with Crippen molar-refractivity contribution in [3.63, 3.8) is 0 Å². The van der Waals surface area contributed by atoms with E-state index in [0.29, 0.717) is 11.7 Å². The molecule has 3 nitrogen and oxygen atoms in total. The number of allylic oxidation sites excluding steroid dienone is 1. The smallest absolute Gasteiger partial charge is 0.124 e. The van der Waals surface area contributed by atoms with Gasteiger partial charge in [-0.2, -0.15) is 0 Å². The summed E-state index contributed by atoms with van der Waals surface area (Å²) in [6.07, 6.45) is 1.84. The predicted octanol–water partition coefficient (Wildman–Crippen LogP) is 3.14. The minimum absolute atomic E-state index is 0.470. The van der Waals surface area contributed by atoms with E-state index >= 15 is 0 Å². The molecule has 0 aliphatic rings. The van der Waals surface area contributed by atoms with Crippen molar-refractivity contribution in [3.05, 3.63) is 30.1 Å². The SMILES string of the molecule is C/C(=C\N=C(/C)C(C)C)c1cccc(N)n1. The third kappa shape index (κ3) is 3.50. The fourth-order valence-electron chi connectivity index (χ4n) is 1.08. The van der Waals surface area contributed by atoms with Gasteiger partial charge < -0.3 is 5.73 Å². The molecule has 0 saturated heterocycles. The molecule has 0 fully saturated rings. The second-order valence-corrected chi connectivity index (χ2v) is 4.18. The van der Waals surface area contributed by atoms with Crippen LogP contribution in [0.2, 0.25) is 0 Å². The Morgan fingerprint density at radius 2 is 2.06 bits per heavy atom. The van der Waals surface area contributed by atoms with Crippen LogP contribution < -0.4 is 5.73 Å². The molecule has 86 valence electrons. The van der Waals surface area contributed by atoms with Gasteiger partial charge in [0.15, 0.2) is 0 Å². The van der Waals surface area contributed by atoms with E-state index in [1.165, 1.54) is 0 Å². The largest absolute Gasteiger partial charge is 0.384 e. The summed E-state index contributed by atoms with van der Waals surface area (Å²) in [7, 11) is 0. The zero-order chi connectivity index (χ0) is 12.1. The fourth-order valence-corrected chi connectivity index (χ4v) is 1.08. The zero-order valence-corrected chi connectivity index (χ0v) is 10.4. The first-order valence-electron chi connectivity index (χ1n) is 5.44. The van der Waals surface area contributed by atoms with E-state index in [9.17, 15) is 0 Å². The summed E-state index contributed by atoms with van der Waals surface area (Å²) < 4.78 is 0. The Hall–Kier alpha value is -1.64. The van der Waals surface area contributed by atoms with Gasteiger partial charge in [-0.3, -0.25) is 4.99 Å². The number of nitrogens with zero attached hydrogens (tertiary/aromatic N) is 2. The summed E-state index contributed by atoms with van der Waals surface area (Å²) in [6, 6.07) is 5.61. The quantitative estimate of drug-likeness (QED) is 0.791. The molecule has 3 heteroatoms. The van der Waals surface area contributed by atoms with Crippen LogP contribution in [0.15, 0.2) is 29.4 Å². The van der Waals surface area contributed by atoms with Gasteiger partial charge in [0.25, 0.3) is 0 Å². The number of hydrogen-bond donors (Lipinski definition) is 1. The molecule has 0 aromatic carbocycles. The van der Waals surface area contributed by atoms with Gasteiger partial charge in [0.1, 0.15) is 5.82 Å². The van der Waals surface area contributed by atoms with E-state index in [0.717, 1.165) is 17.0 Å². The predicted molar refractivity (Wildman–Crippen MR) is 70.2 cm³/mol. The Kier molecular flexibility index (Phi) is 4.23. The summed E-state index contributed by atoms with van der Waals surface area (Å²) in [6.45, 7) is 8.27. The first kappa shape index (κ1) is 12.4. The van der Waals surface area contributed by atoms with Crippen molar-refractivity contribution in [2.75, 3.05) is 5.73 Å². The van der Waals surface area contributed by atoms with E-state index in [4.69, 9.17) is 5.73 Å². The lowest BCUT2D eigenvalue weighted by atomic mass is 10.1. The molecule has 1 aromatic rings. The molecular weight excluding hydrogens is 198 g/mol. The van der Waals surface area contributed by atoms with Crippen LogP contribution in [0.1, 0.15) is 33.4 Å². The topological polar surface area (TPSA) is 51.3 Å². The van der Waals surface area contributed by atoms with Crippen molar-refractivity contribution in [1.29, 1.82) is 0 Å². The number of aromatic nitrogens is 1. The Balaban J connectivity index is 2.90. The van der Waals surface area contributed by atoms with Gasteiger partial charge in [0, 0.05) is 11.9 Å². The maximum atomic E-state index is 5.63. The van der Waals surface area contributed by atoms with Gasteiger partial charge in [0.05, 0.1) is 5.69 Å². The van der Waals surface area contributed by atoms with Crippen LogP contribution in [-0.2, 0) is 0 Å². The second-order valence-electron chi connectivity index (χ2n) is 4.18. The van der Waals surface area contributed by atoms with Crippen molar-refractivity contribution >= 4 is 17.1 Å². The first-order valence-corrected chi connectivity index (χ1v) is 5.44. The summed E-state index contributed by atoms with van der Waals surface area (Å²) >= 11 is 0. The van der Waals surface area contributed by atoms with Crippen LogP contribution in [0.5, 0.6) is 0 Å². The molecule has 0 bridgehead atoms. The van der Waals surface area contributed by atoms with Gasteiger partial charge in [0.2, 0.25) is 0 Å². The van der Waals surface area contributed by atoms with Crippen molar-refractivity contribution in [1.82, 2.24) is 4.98 Å². The van der Waals surface area contributed by atoms with Crippen LogP contribution in [0.4, 0.5) is 5.82 Å². The molecule has 1 aromatic heterocycles. The van der Waals surface area contributed by atoms with Crippen molar-refractivity contribution in [2.24, 2.45) is 10.9 Å². The average Bonchev–Trinajstić information content (AvgIpc) is 2.25. The number of aliphatic imine (C=N–C) groups is 1. The summed E-state index contributed by atoms with van der Waals surface area (Å²) in [4.78, 5) is 8.64. The van der Waals surface area contributed by atoms with E-state index in [2.05, 4.69) is 23.8 Å². The van der Waals surface area contributed by atoms with Crippen molar-refractivity contribution in [3.8, 4) is 0 Å².